The van der Waals surface area contributed by atoms with Gasteiger partial charge in [0.05, 0.1) is 18.0 Å². The van der Waals surface area contributed by atoms with E-state index in [9.17, 15) is 9.90 Å². The smallest absolute Gasteiger partial charge is 0.407 e. The summed E-state index contributed by atoms with van der Waals surface area (Å²) in [7, 11) is 0. The summed E-state index contributed by atoms with van der Waals surface area (Å²) < 4.78 is 2.33. The fraction of sp³-hybridized carbons (Fsp3) is 0.571. The van der Waals surface area contributed by atoms with Gasteiger partial charge in [-0.2, -0.15) is 0 Å². The van der Waals surface area contributed by atoms with Gasteiger partial charge in [0.15, 0.2) is 0 Å². The lowest BCUT2D eigenvalue weighted by molar-refractivity contribution is 0.104. The maximum atomic E-state index is 11.5. The number of likely N-dealkylation sites (tertiary alicyclic amines) is 1. The third-order valence-corrected chi connectivity index (χ3v) is 6.72. The minimum atomic E-state index is -0.780. The molecule has 2 fully saturated rings. The van der Waals surface area contributed by atoms with Crippen LogP contribution >= 0.6 is 0 Å². The Bertz CT molecular complexity index is 1000. The molecule has 1 saturated carbocycles. The van der Waals surface area contributed by atoms with Crippen LogP contribution < -0.4 is 5.32 Å². The number of amides is 1. The number of nitrogens with one attached hydrogen (secondary N) is 2. The van der Waals surface area contributed by atoms with Crippen molar-refractivity contribution in [1.29, 1.82) is 0 Å². The minimum absolute atomic E-state index is 0.117. The first kappa shape index (κ1) is 18.4. The van der Waals surface area contributed by atoms with Crippen LogP contribution in [0.1, 0.15) is 51.0 Å². The van der Waals surface area contributed by atoms with Gasteiger partial charge in [0.1, 0.15) is 11.2 Å². The summed E-state index contributed by atoms with van der Waals surface area (Å²) in [6, 6.07) is 3.11. The molecule has 1 amide bonds. The van der Waals surface area contributed by atoms with Crippen LogP contribution in [-0.2, 0) is 0 Å². The van der Waals surface area contributed by atoms with E-state index >= 15 is 0 Å². The van der Waals surface area contributed by atoms with Crippen molar-refractivity contribution < 1.29 is 9.90 Å². The summed E-state index contributed by atoms with van der Waals surface area (Å²) in [5.41, 5.74) is 3.03. The molecular weight excluding hydrogens is 368 g/mol. The standard InChI is InChI=1S/C21H28N6O2/c28-21(29)26-10-2-1-3-16(26)11-23-14-4-6-15(7-5-14)27-13-25-18-12-24-20-17(19(18)27)8-9-22-20/h8-9,12-16,23H,1-7,10-11H2,(H,22,24)(H,28,29)/t14?,15?,16-/m0/s1. The lowest BCUT2D eigenvalue weighted by atomic mass is 9.90. The minimum Gasteiger partial charge on any atom is -0.465 e. The first-order valence-corrected chi connectivity index (χ1v) is 10.7. The van der Waals surface area contributed by atoms with Crippen LogP contribution in [0, 0.1) is 0 Å². The highest BCUT2D eigenvalue weighted by molar-refractivity contribution is 6.00. The van der Waals surface area contributed by atoms with Gasteiger partial charge in [-0.15, -0.1) is 0 Å². The second-order valence-corrected chi connectivity index (χ2v) is 8.42. The maximum Gasteiger partial charge on any atom is 0.407 e. The largest absolute Gasteiger partial charge is 0.465 e. The third kappa shape index (κ3) is 3.46. The predicted octanol–water partition coefficient (Wildman–Crippen LogP) is 3.52. The monoisotopic (exact) mass is 396 g/mol. The van der Waals surface area contributed by atoms with Crippen LogP contribution in [-0.4, -0.2) is 60.8 Å². The highest BCUT2D eigenvalue weighted by Crippen LogP contribution is 2.33. The molecule has 0 spiro atoms. The summed E-state index contributed by atoms with van der Waals surface area (Å²) in [5.74, 6) is 0. The molecule has 1 atom stereocenters. The molecule has 29 heavy (non-hydrogen) atoms. The number of piperidine rings is 1. The van der Waals surface area contributed by atoms with E-state index in [2.05, 4.69) is 30.9 Å². The van der Waals surface area contributed by atoms with Crippen LogP contribution in [0.4, 0.5) is 4.79 Å². The summed E-state index contributed by atoms with van der Waals surface area (Å²) in [6.45, 7) is 1.44. The maximum absolute atomic E-state index is 11.5. The fourth-order valence-corrected chi connectivity index (χ4v) is 5.13. The molecule has 8 heteroatoms. The Balaban J connectivity index is 1.23. The molecule has 3 aromatic heterocycles. The molecule has 1 aliphatic carbocycles. The van der Waals surface area contributed by atoms with Crippen LogP contribution in [0.3, 0.4) is 0 Å². The molecular formula is C21H28N6O2. The van der Waals surface area contributed by atoms with E-state index < -0.39 is 6.09 Å². The zero-order valence-electron chi connectivity index (χ0n) is 16.5. The number of imidazole rings is 1. The van der Waals surface area contributed by atoms with Crippen molar-refractivity contribution in [2.45, 2.75) is 63.1 Å². The number of carbonyl (C=O) groups is 1. The fourth-order valence-electron chi connectivity index (χ4n) is 5.13. The number of carboxylic acid groups (broad SMARTS) is 1. The normalized spacial score (nSPS) is 25.7. The molecule has 0 radical (unpaired) electrons. The van der Waals surface area contributed by atoms with E-state index in [0.717, 1.165) is 68.0 Å². The molecule has 4 heterocycles. The van der Waals surface area contributed by atoms with Crippen LogP contribution in [0.5, 0.6) is 0 Å². The predicted molar refractivity (Wildman–Crippen MR) is 111 cm³/mol. The number of nitrogens with zero attached hydrogens (tertiary/aromatic N) is 4. The molecule has 1 aliphatic heterocycles. The number of aromatic nitrogens is 4. The van der Waals surface area contributed by atoms with Gasteiger partial charge in [-0.1, -0.05) is 0 Å². The molecule has 3 aromatic rings. The number of aromatic amines is 1. The van der Waals surface area contributed by atoms with E-state index in [0.29, 0.717) is 18.6 Å². The molecule has 1 saturated heterocycles. The van der Waals surface area contributed by atoms with E-state index in [4.69, 9.17) is 0 Å². The van der Waals surface area contributed by atoms with Crippen molar-refractivity contribution in [1.82, 2.24) is 29.7 Å². The Morgan fingerprint density at radius 1 is 1.21 bits per heavy atom. The van der Waals surface area contributed by atoms with Crippen molar-refractivity contribution in [3.05, 3.63) is 24.8 Å². The SMILES string of the molecule is O=C(O)N1CCCC[C@H]1CNC1CCC(n2cnc3cnc4[nH]ccc4c32)CC1. The van der Waals surface area contributed by atoms with Crippen LogP contribution in [0.25, 0.3) is 22.1 Å². The highest BCUT2D eigenvalue weighted by Gasteiger charge is 2.28. The topological polar surface area (TPSA) is 99.1 Å². The number of hydrogen-bond acceptors (Lipinski definition) is 4. The Kier molecular flexibility index (Phi) is 4.87. The van der Waals surface area contributed by atoms with Gasteiger partial charge in [-0.3, -0.25) is 0 Å². The van der Waals surface area contributed by atoms with Gasteiger partial charge in [-0.05, 0) is 51.0 Å². The van der Waals surface area contributed by atoms with Gasteiger partial charge in [-0.25, -0.2) is 14.8 Å². The van der Waals surface area contributed by atoms with Gasteiger partial charge in [0, 0.05) is 42.8 Å². The van der Waals surface area contributed by atoms with Crippen LogP contribution in [0.15, 0.2) is 24.8 Å². The van der Waals surface area contributed by atoms with Gasteiger partial charge >= 0.3 is 6.09 Å². The Hall–Kier alpha value is -2.61. The van der Waals surface area contributed by atoms with E-state index in [1.165, 1.54) is 5.52 Å². The Morgan fingerprint density at radius 2 is 2.07 bits per heavy atom. The Morgan fingerprint density at radius 3 is 2.90 bits per heavy atom. The molecule has 154 valence electrons. The van der Waals surface area contributed by atoms with E-state index in [-0.39, 0.29) is 6.04 Å². The molecule has 2 aliphatic rings. The summed E-state index contributed by atoms with van der Waals surface area (Å²) >= 11 is 0. The second kappa shape index (κ2) is 7.67. The third-order valence-electron chi connectivity index (χ3n) is 6.72. The highest BCUT2D eigenvalue weighted by atomic mass is 16.4. The molecule has 0 bridgehead atoms. The van der Waals surface area contributed by atoms with Gasteiger partial charge in [0.25, 0.3) is 0 Å². The zero-order chi connectivity index (χ0) is 19.8. The average molecular weight is 396 g/mol. The van der Waals surface area contributed by atoms with Crippen molar-refractivity contribution in [2.24, 2.45) is 0 Å². The Labute approximate surface area is 169 Å². The number of pyridine rings is 1. The molecule has 5 rings (SSSR count). The quantitative estimate of drug-likeness (QED) is 0.627. The zero-order valence-corrected chi connectivity index (χ0v) is 16.5. The van der Waals surface area contributed by atoms with Crippen molar-refractivity contribution >= 4 is 28.2 Å². The van der Waals surface area contributed by atoms with E-state index in [1.807, 2.05) is 18.7 Å². The number of fused-ring (bicyclic) bond motifs is 3. The van der Waals surface area contributed by atoms with Gasteiger partial charge in [0.2, 0.25) is 0 Å². The summed E-state index contributed by atoms with van der Waals surface area (Å²) in [5, 5.41) is 14.2. The molecule has 0 unspecified atom stereocenters. The lowest BCUT2D eigenvalue weighted by Gasteiger charge is -2.36. The number of H-pyrrole nitrogens is 1. The van der Waals surface area contributed by atoms with Crippen molar-refractivity contribution in [3.8, 4) is 0 Å². The van der Waals surface area contributed by atoms with Crippen molar-refractivity contribution in [2.75, 3.05) is 13.1 Å². The molecule has 3 N–H and O–H groups in total. The van der Waals surface area contributed by atoms with Crippen LogP contribution in [0.2, 0.25) is 0 Å². The number of hydrogen-bond donors (Lipinski definition) is 3. The molecule has 0 aromatic carbocycles. The summed E-state index contributed by atoms with van der Waals surface area (Å²) in [6.07, 6.45) is 12.4. The average Bonchev–Trinajstić information content (AvgIpc) is 3.39. The summed E-state index contributed by atoms with van der Waals surface area (Å²) in [4.78, 5) is 25.3. The lowest BCUT2D eigenvalue weighted by Crippen LogP contribution is -2.50. The number of rotatable bonds is 4. The van der Waals surface area contributed by atoms with Gasteiger partial charge < -0.3 is 24.9 Å². The first-order chi connectivity index (χ1) is 14.2. The molecule has 8 nitrogen and oxygen atoms in total. The second-order valence-electron chi connectivity index (χ2n) is 8.42. The van der Waals surface area contributed by atoms with Crippen molar-refractivity contribution in [3.63, 3.8) is 0 Å². The van der Waals surface area contributed by atoms with E-state index in [1.54, 1.807) is 4.90 Å². The first-order valence-electron chi connectivity index (χ1n) is 10.7.